The molecule has 0 rings (SSSR count). The van der Waals surface area contributed by atoms with Gasteiger partial charge in [0.05, 0.1) is 12.3 Å². The highest BCUT2D eigenvalue weighted by Gasteiger charge is 2.19. The SMILES string of the molecule is CCCCC=CCCCCCCC(CC(=O)O)C(=O)O. The van der Waals surface area contributed by atoms with Crippen LogP contribution < -0.4 is 0 Å². The van der Waals surface area contributed by atoms with E-state index < -0.39 is 17.9 Å². The monoisotopic (exact) mass is 284 g/mol. The molecule has 0 fully saturated rings. The summed E-state index contributed by atoms with van der Waals surface area (Å²) in [6.45, 7) is 2.18. The molecule has 0 aliphatic rings. The molecule has 2 N–H and O–H groups in total. The topological polar surface area (TPSA) is 74.6 Å². The third-order valence-corrected chi connectivity index (χ3v) is 3.33. The molecule has 20 heavy (non-hydrogen) atoms. The van der Waals surface area contributed by atoms with E-state index >= 15 is 0 Å². The van der Waals surface area contributed by atoms with Gasteiger partial charge < -0.3 is 10.2 Å². The Morgan fingerprint density at radius 2 is 1.55 bits per heavy atom. The van der Waals surface area contributed by atoms with Crippen molar-refractivity contribution in [1.29, 1.82) is 0 Å². The number of allylic oxidation sites excluding steroid dienone is 2. The molecule has 0 amide bonds. The van der Waals surface area contributed by atoms with E-state index in [0.29, 0.717) is 6.42 Å². The summed E-state index contributed by atoms with van der Waals surface area (Å²) in [7, 11) is 0. The molecule has 116 valence electrons. The van der Waals surface area contributed by atoms with Crippen LogP contribution in [-0.4, -0.2) is 22.2 Å². The van der Waals surface area contributed by atoms with Crippen LogP contribution in [0.1, 0.15) is 71.1 Å². The van der Waals surface area contributed by atoms with Crippen LogP contribution in [0.2, 0.25) is 0 Å². The predicted octanol–water partition coefficient (Wildman–Crippen LogP) is 4.25. The Morgan fingerprint density at radius 3 is 2.10 bits per heavy atom. The highest BCUT2D eigenvalue weighted by molar-refractivity contribution is 5.77. The first-order valence-corrected chi connectivity index (χ1v) is 7.67. The molecule has 0 bridgehead atoms. The third-order valence-electron chi connectivity index (χ3n) is 3.33. The smallest absolute Gasteiger partial charge is 0.307 e. The van der Waals surface area contributed by atoms with Gasteiger partial charge in [-0.2, -0.15) is 0 Å². The minimum absolute atomic E-state index is 0.268. The normalized spacial score (nSPS) is 12.7. The molecular formula is C16H28O4. The summed E-state index contributed by atoms with van der Waals surface area (Å²) >= 11 is 0. The lowest BCUT2D eigenvalue weighted by molar-refractivity contribution is -0.148. The van der Waals surface area contributed by atoms with Crippen molar-refractivity contribution in [3.05, 3.63) is 12.2 Å². The average Bonchev–Trinajstić information content (AvgIpc) is 2.39. The second-order valence-corrected chi connectivity index (χ2v) is 5.24. The Kier molecular flexibility index (Phi) is 11.9. The summed E-state index contributed by atoms with van der Waals surface area (Å²) in [4.78, 5) is 21.4. The van der Waals surface area contributed by atoms with Gasteiger partial charge in [0.15, 0.2) is 0 Å². The van der Waals surface area contributed by atoms with Crippen LogP contribution in [0.15, 0.2) is 12.2 Å². The minimum atomic E-state index is -1.03. The summed E-state index contributed by atoms with van der Waals surface area (Å²) in [6, 6.07) is 0. The predicted molar refractivity (Wildman–Crippen MR) is 79.7 cm³/mol. The molecule has 0 heterocycles. The van der Waals surface area contributed by atoms with E-state index in [2.05, 4.69) is 19.1 Å². The number of aliphatic carboxylic acids is 2. The maximum atomic E-state index is 10.9. The summed E-state index contributed by atoms with van der Waals surface area (Å²) in [5, 5.41) is 17.5. The largest absolute Gasteiger partial charge is 0.481 e. The van der Waals surface area contributed by atoms with E-state index in [1.54, 1.807) is 0 Å². The molecule has 4 heteroatoms. The van der Waals surface area contributed by atoms with Gasteiger partial charge in [-0.15, -0.1) is 0 Å². The van der Waals surface area contributed by atoms with Gasteiger partial charge in [-0.05, 0) is 25.7 Å². The van der Waals surface area contributed by atoms with E-state index in [-0.39, 0.29) is 6.42 Å². The lowest BCUT2D eigenvalue weighted by Gasteiger charge is -2.09. The van der Waals surface area contributed by atoms with Crippen molar-refractivity contribution < 1.29 is 19.8 Å². The van der Waals surface area contributed by atoms with E-state index in [1.165, 1.54) is 12.8 Å². The molecule has 1 atom stereocenters. The van der Waals surface area contributed by atoms with Crippen molar-refractivity contribution in [3.63, 3.8) is 0 Å². The van der Waals surface area contributed by atoms with Gasteiger partial charge in [0.2, 0.25) is 0 Å². The van der Waals surface area contributed by atoms with Gasteiger partial charge in [0.25, 0.3) is 0 Å². The van der Waals surface area contributed by atoms with E-state index in [0.717, 1.165) is 38.5 Å². The quantitative estimate of drug-likeness (QED) is 0.391. The van der Waals surface area contributed by atoms with Crippen molar-refractivity contribution >= 4 is 11.9 Å². The lowest BCUT2D eigenvalue weighted by Crippen LogP contribution is -2.17. The van der Waals surface area contributed by atoms with Gasteiger partial charge >= 0.3 is 11.9 Å². The van der Waals surface area contributed by atoms with Crippen LogP contribution in [0.25, 0.3) is 0 Å². The van der Waals surface area contributed by atoms with Gasteiger partial charge in [0, 0.05) is 0 Å². The zero-order valence-corrected chi connectivity index (χ0v) is 12.5. The second kappa shape index (κ2) is 12.7. The molecule has 0 aromatic heterocycles. The lowest BCUT2D eigenvalue weighted by atomic mass is 9.97. The van der Waals surface area contributed by atoms with Crippen LogP contribution in [0.5, 0.6) is 0 Å². The number of hydrogen-bond donors (Lipinski definition) is 2. The zero-order valence-electron chi connectivity index (χ0n) is 12.5. The van der Waals surface area contributed by atoms with Crippen LogP contribution in [-0.2, 0) is 9.59 Å². The molecule has 0 spiro atoms. The number of carbonyl (C=O) groups is 2. The summed E-state index contributed by atoms with van der Waals surface area (Å²) in [5.74, 6) is -2.76. The van der Waals surface area contributed by atoms with Gasteiger partial charge in [0.1, 0.15) is 0 Å². The zero-order chi connectivity index (χ0) is 15.2. The highest BCUT2D eigenvalue weighted by Crippen LogP contribution is 2.15. The van der Waals surface area contributed by atoms with Crippen LogP contribution in [0.4, 0.5) is 0 Å². The van der Waals surface area contributed by atoms with E-state index in [4.69, 9.17) is 10.2 Å². The van der Waals surface area contributed by atoms with Gasteiger partial charge in [-0.3, -0.25) is 9.59 Å². The number of carboxylic acid groups (broad SMARTS) is 2. The molecule has 0 aliphatic heterocycles. The first kappa shape index (κ1) is 18.7. The Labute approximate surface area is 121 Å². The Hall–Kier alpha value is -1.32. The Morgan fingerprint density at radius 1 is 0.950 bits per heavy atom. The molecule has 0 aliphatic carbocycles. The molecule has 4 nitrogen and oxygen atoms in total. The van der Waals surface area contributed by atoms with Crippen molar-refractivity contribution in [2.45, 2.75) is 71.1 Å². The average molecular weight is 284 g/mol. The Balaban J connectivity index is 3.52. The molecule has 0 saturated heterocycles. The van der Waals surface area contributed by atoms with Crippen LogP contribution >= 0.6 is 0 Å². The molecule has 0 aromatic rings. The maximum absolute atomic E-state index is 10.9. The van der Waals surface area contributed by atoms with Crippen molar-refractivity contribution in [3.8, 4) is 0 Å². The second-order valence-electron chi connectivity index (χ2n) is 5.24. The van der Waals surface area contributed by atoms with Gasteiger partial charge in [-0.25, -0.2) is 0 Å². The third kappa shape index (κ3) is 11.8. The summed E-state index contributed by atoms with van der Waals surface area (Å²) in [5.41, 5.74) is 0. The first-order chi connectivity index (χ1) is 9.57. The number of carboxylic acids is 2. The molecule has 0 radical (unpaired) electrons. The fourth-order valence-corrected chi connectivity index (χ4v) is 2.09. The molecule has 0 saturated carbocycles. The van der Waals surface area contributed by atoms with Crippen LogP contribution in [0, 0.1) is 5.92 Å². The molecular weight excluding hydrogens is 256 g/mol. The number of unbranched alkanes of at least 4 members (excludes halogenated alkanes) is 6. The Bertz CT molecular complexity index is 297. The van der Waals surface area contributed by atoms with Gasteiger partial charge in [-0.1, -0.05) is 51.2 Å². The highest BCUT2D eigenvalue weighted by atomic mass is 16.4. The number of rotatable bonds is 13. The standard InChI is InChI=1S/C16H28O4/c1-2-3-4-5-6-7-8-9-10-11-12-14(16(19)20)13-15(17)18/h5-6,14H,2-4,7-13H2,1H3,(H,17,18)(H,19,20). The fraction of sp³-hybridized carbons (Fsp3) is 0.750. The first-order valence-electron chi connectivity index (χ1n) is 7.67. The summed E-state index contributed by atoms with van der Waals surface area (Å²) in [6.07, 6.45) is 13.3. The minimum Gasteiger partial charge on any atom is -0.481 e. The number of hydrogen-bond acceptors (Lipinski definition) is 2. The molecule has 1 unspecified atom stereocenters. The van der Waals surface area contributed by atoms with E-state index in [9.17, 15) is 9.59 Å². The van der Waals surface area contributed by atoms with Crippen LogP contribution in [0.3, 0.4) is 0 Å². The van der Waals surface area contributed by atoms with Crippen molar-refractivity contribution in [2.24, 2.45) is 5.92 Å². The van der Waals surface area contributed by atoms with Crippen molar-refractivity contribution in [2.75, 3.05) is 0 Å². The fourth-order valence-electron chi connectivity index (χ4n) is 2.09. The maximum Gasteiger partial charge on any atom is 0.307 e. The van der Waals surface area contributed by atoms with E-state index in [1.807, 2.05) is 0 Å². The molecule has 0 aromatic carbocycles. The summed E-state index contributed by atoms with van der Waals surface area (Å²) < 4.78 is 0. The van der Waals surface area contributed by atoms with Crippen molar-refractivity contribution in [1.82, 2.24) is 0 Å².